The van der Waals surface area contributed by atoms with E-state index >= 15 is 0 Å². The van der Waals surface area contributed by atoms with Gasteiger partial charge in [0.1, 0.15) is 0 Å². The average molecular weight is 234 g/mol. The van der Waals surface area contributed by atoms with Crippen molar-refractivity contribution in [1.82, 2.24) is 4.90 Å². The summed E-state index contributed by atoms with van der Waals surface area (Å²) >= 11 is 0. The highest BCUT2D eigenvalue weighted by molar-refractivity contribution is 5.27. The molecule has 2 nitrogen and oxygen atoms in total. The highest BCUT2D eigenvalue weighted by atomic mass is 15.1. The number of rotatable bonds is 8. The third kappa shape index (κ3) is 4.88. The Kier molecular flexibility index (Phi) is 6.90. The van der Waals surface area contributed by atoms with E-state index in [1.165, 1.54) is 30.5 Å². The van der Waals surface area contributed by atoms with Crippen LogP contribution < -0.4 is 5.73 Å². The second kappa shape index (κ2) is 8.26. The van der Waals surface area contributed by atoms with Crippen LogP contribution in [-0.4, -0.2) is 24.5 Å². The van der Waals surface area contributed by atoms with Gasteiger partial charge in [-0.15, -0.1) is 0 Å². The maximum Gasteiger partial charge on any atom is 0.0236 e. The Morgan fingerprint density at radius 3 is 2.41 bits per heavy atom. The molecule has 0 spiro atoms. The lowest BCUT2D eigenvalue weighted by Gasteiger charge is -2.21. The van der Waals surface area contributed by atoms with Crippen LogP contribution in [0.5, 0.6) is 0 Å². The summed E-state index contributed by atoms with van der Waals surface area (Å²) in [5.74, 6) is 0. The van der Waals surface area contributed by atoms with Crippen molar-refractivity contribution in [3.05, 3.63) is 35.4 Å². The van der Waals surface area contributed by atoms with Gasteiger partial charge in [0.05, 0.1) is 0 Å². The molecular weight excluding hydrogens is 208 g/mol. The molecule has 0 bridgehead atoms. The molecule has 1 rings (SSSR count). The van der Waals surface area contributed by atoms with E-state index in [9.17, 15) is 0 Å². The minimum absolute atomic E-state index is 0.734. The standard InChI is InChI=1S/C15H26N2/c1-3-5-12-17(4-2)13-15-9-7-6-8-14(15)10-11-16/h6-9H,3-5,10-13,16H2,1-2H3. The molecule has 0 saturated heterocycles. The van der Waals surface area contributed by atoms with Gasteiger partial charge in [0.25, 0.3) is 0 Å². The van der Waals surface area contributed by atoms with Crippen molar-refractivity contribution < 1.29 is 0 Å². The monoisotopic (exact) mass is 234 g/mol. The number of hydrogen-bond acceptors (Lipinski definition) is 2. The fourth-order valence-electron chi connectivity index (χ4n) is 2.08. The SMILES string of the molecule is CCCCN(CC)Cc1ccccc1CCN. The maximum absolute atomic E-state index is 5.66. The van der Waals surface area contributed by atoms with Crippen LogP contribution in [0.4, 0.5) is 0 Å². The van der Waals surface area contributed by atoms with E-state index in [0.717, 1.165) is 26.1 Å². The van der Waals surface area contributed by atoms with E-state index < -0.39 is 0 Å². The summed E-state index contributed by atoms with van der Waals surface area (Å²) in [5.41, 5.74) is 8.51. The molecule has 1 aromatic rings. The first kappa shape index (κ1) is 14.2. The first-order chi connectivity index (χ1) is 8.31. The normalized spacial score (nSPS) is 11.1. The molecule has 0 amide bonds. The lowest BCUT2D eigenvalue weighted by atomic mass is 10.0. The molecule has 0 aliphatic carbocycles. The van der Waals surface area contributed by atoms with E-state index in [4.69, 9.17) is 5.73 Å². The van der Waals surface area contributed by atoms with E-state index in [-0.39, 0.29) is 0 Å². The van der Waals surface area contributed by atoms with Crippen LogP contribution in [0.1, 0.15) is 37.8 Å². The molecule has 0 fully saturated rings. The molecule has 0 aromatic heterocycles. The predicted molar refractivity (Wildman–Crippen MR) is 75.1 cm³/mol. The zero-order chi connectivity index (χ0) is 12.5. The first-order valence-electron chi connectivity index (χ1n) is 6.81. The lowest BCUT2D eigenvalue weighted by molar-refractivity contribution is 0.274. The average Bonchev–Trinajstić information content (AvgIpc) is 2.36. The minimum Gasteiger partial charge on any atom is -0.330 e. The van der Waals surface area contributed by atoms with Crippen molar-refractivity contribution in [2.45, 2.75) is 39.7 Å². The van der Waals surface area contributed by atoms with Crippen LogP contribution in [0.2, 0.25) is 0 Å². The fraction of sp³-hybridized carbons (Fsp3) is 0.600. The van der Waals surface area contributed by atoms with E-state index in [1.807, 2.05) is 0 Å². The number of unbranched alkanes of at least 4 members (excludes halogenated alkanes) is 1. The van der Waals surface area contributed by atoms with Gasteiger partial charge in [-0.3, -0.25) is 4.90 Å². The Labute approximate surface area is 106 Å². The minimum atomic E-state index is 0.734. The van der Waals surface area contributed by atoms with Crippen LogP contribution in [-0.2, 0) is 13.0 Å². The molecule has 0 aliphatic rings. The molecule has 17 heavy (non-hydrogen) atoms. The second-order valence-electron chi connectivity index (χ2n) is 4.53. The molecule has 2 N–H and O–H groups in total. The van der Waals surface area contributed by atoms with Gasteiger partial charge in [0, 0.05) is 6.54 Å². The van der Waals surface area contributed by atoms with Gasteiger partial charge in [0.2, 0.25) is 0 Å². The van der Waals surface area contributed by atoms with Crippen LogP contribution in [0, 0.1) is 0 Å². The summed E-state index contributed by atoms with van der Waals surface area (Å²) in [4.78, 5) is 2.51. The van der Waals surface area contributed by atoms with E-state index in [2.05, 4.69) is 43.0 Å². The third-order valence-electron chi connectivity index (χ3n) is 3.20. The van der Waals surface area contributed by atoms with Crippen molar-refractivity contribution in [2.24, 2.45) is 5.73 Å². The Morgan fingerprint density at radius 2 is 1.82 bits per heavy atom. The first-order valence-corrected chi connectivity index (χ1v) is 6.81. The lowest BCUT2D eigenvalue weighted by Crippen LogP contribution is -2.24. The maximum atomic E-state index is 5.66. The van der Waals surface area contributed by atoms with Gasteiger partial charge in [-0.05, 0) is 43.6 Å². The van der Waals surface area contributed by atoms with Crippen molar-refractivity contribution in [3.63, 3.8) is 0 Å². The molecule has 0 aliphatic heterocycles. The number of nitrogens with two attached hydrogens (primary N) is 1. The summed E-state index contributed by atoms with van der Waals surface area (Å²) in [7, 11) is 0. The topological polar surface area (TPSA) is 29.3 Å². The highest BCUT2D eigenvalue weighted by Crippen LogP contribution is 2.12. The molecule has 0 atom stereocenters. The smallest absolute Gasteiger partial charge is 0.0236 e. The molecule has 0 saturated carbocycles. The second-order valence-corrected chi connectivity index (χ2v) is 4.53. The number of hydrogen-bond donors (Lipinski definition) is 1. The van der Waals surface area contributed by atoms with Crippen LogP contribution in [0.3, 0.4) is 0 Å². The van der Waals surface area contributed by atoms with E-state index in [0.29, 0.717) is 0 Å². The van der Waals surface area contributed by atoms with Gasteiger partial charge in [-0.1, -0.05) is 44.5 Å². The fourth-order valence-corrected chi connectivity index (χ4v) is 2.08. The Hall–Kier alpha value is -0.860. The van der Waals surface area contributed by atoms with Gasteiger partial charge >= 0.3 is 0 Å². The van der Waals surface area contributed by atoms with Crippen LogP contribution in [0.15, 0.2) is 24.3 Å². The van der Waals surface area contributed by atoms with E-state index in [1.54, 1.807) is 0 Å². The summed E-state index contributed by atoms with van der Waals surface area (Å²) < 4.78 is 0. The summed E-state index contributed by atoms with van der Waals surface area (Å²) in [6.45, 7) is 8.60. The molecule has 96 valence electrons. The molecule has 0 unspecified atom stereocenters. The molecule has 1 aromatic carbocycles. The number of benzene rings is 1. The van der Waals surface area contributed by atoms with Gasteiger partial charge in [0.15, 0.2) is 0 Å². The molecular formula is C15H26N2. The Balaban J connectivity index is 2.64. The summed E-state index contributed by atoms with van der Waals surface area (Å²) in [5, 5.41) is 0. The van der Waals surface area contributed by atoms with Gasteiger partial charge in [-0.25, -0.2) is 0 Å². The van der Waals surface area contributed by atoms with Crippen molar-refractivity contribution in [1.29, 1.82) is 0 Å². The summed E-state index contributed by atoms with van der Waals surface area (Å²) in [6, 6.07) is 8.68. The van der Waals surface area contributed by atoms with Gasteiger partial charge in [-0.2, -0.15) is 0 Å². The quantitative estimate of drug-likeness (QED) is 0.749. The van der Waals surface area contributed by atoms with Crippen LogP contribution >= 0.6 is 0 Å². The Bertz CT molecular complexity index is 310. The highest BCUT2D eigenvalue weighted by Gasteiger charge is 2.06. The van der Waals surface area contributed by atoms with Crippen LogP contribution in [0.25, 0.3) is 0 Å². The van der Waals surface area contributed by atoms with Crippen molar-refractivity contribution >= 4 is 0 Å². The zero-order valence-corrected chi connectivity index (χ0v) is 11.3. The Morgan fingerprint density at radius 1 is 1.12 bits per heavy atom. The van der Waals surface area contributed by atoms with Crippen molar-refractivity contribution in [3.8, 4) is 0 Å². The molecule has 2 heteroatoms. The summed E-state index contributed by atoms with van der Waals surface area (Å²) in [6.07, 6.45) is 3.54. The van der Waals surface area contributed by atoms with Crippen molar-refractivity contribution in [2.75, 3.05) is 19.6 Å². The number of nitrogens with zero attached hydrogens (tertiary/aromatic N) is 1. The third-order valence-corrected chi connectivity index (χ3v) is 3.20. The predicted octanol–water partition coefficient (Wildman–Crippen LogP) is 2.81. The zero-order valence-electron chi connectivity index (χ0n) is 11.3. The molecule has 0 heterocycles. The largest absolute Gasteiger partial charge is 0.330 e. The van der Waals surface area contributed by atoms with Gasteiger partial charge < -0.3 is 5.73 Å². The molecule has 0 radical (unpaired) electrons.